The number of halogens is 2. The Morgan fingerprint density at radius 2 is 1.52 bits per heavy atom. The van der Waals surface area contributed by atoms with Crippen LogP contribution in [0.5, 0.6) is 0 Å². The first-order valence-corrected chi connectivity index (χ1v) is 8.02. The highest BCUT2D eigenvalue weighted by molar-refractivity contribution is 7.99. The van der Waals surface area contributed by atoms with Crippen molar-refractivity contribution in [1.29, 1.82) is 0 Å². The minimum absolute atomic E-state index is 0.209. The molecule has 0 heterocycles. The second kappa shape index (κ2) is 8.15. The molecule has 1 unspecified atom stereocenters. The lowest BCUT2D eigenvalue weighted by molar-refractivity contribution is 0.571. The van der Waals surface area contributed by atoms with E-state index in [0.717, 1.165) is 29.2 Å². The van der Waals surface area contributed by atoms with Crippen molar-refractivity contribution in [2.24, 2.45) is 0 Å². The molecule has 2 aromatic rings. The van der Waals surface area contributed by atoms with E-state index in [1.54, 1.807) is 23.9 Å². The molecule has 0 aliphatic rings. The fourth-order valence-corrected chi connectivity index (χ4v) is 3.07. The molecule has 2 rings (SSSR count). The molecule has 4 heteroatoms. The highest BCUT2D eigenvalue weighted by atomic mass is 32.2. The Labute approximate surface area is 128 Å². The molecular weight excluding hydrogens is 288 g/mol. The molecule has 0 saturated heterocycles. The van der Waals surface area contributed by atoms with Gasteiger partial charge in [0.25, 0.3) is 0 Å². The van der Waals surface area contributed by atoms with Gasteiger partial charge in [-0.3, -0.25) is 0 Å². The zero-order valence-corrected chi connectivity index (χ0v) is 12.8. The summed E-state index contributed by atoms with van der Waals surface area (Å²) in [6, 6.07) is 13.5. The Bertz CT molecular complexity index is 540. The lowest BCUT2D eigenvalue weighted by Gasteiger charge is -2.17. The number of thioether (sulfide) groups is 1. The topological polar surface area (TPSA) is 12.0 Å². The van der Waals surface area contributed by atoms with Gasteiger partial charge in [-0.05, 0) is 54.9 Å². The largest absolute Gasteiger partial charge is 0.313 e. The summed E-state index contributed by atoms with van der Waals surface area (Å²) < 4.78 is 25.8. The standard InChI is InChI=1S/C17H19F2NS/c1-2-20-16(11-13-3-5-14(18)6-4-13)12-21-17-9-7-15(19)8-10-17/h3-10,16,20H,2,11-12H2,1H3. The highest BCUT2D eigenvalue weighted by Gasteiger charge is 2.09. The third kappa shape index (κ3) is 5.48. The van der Waals surface area contributed by atoms with Crippen LogP contribution in [0.15, 0.2) is 53.4 Å². The van der Waals surface area contributed by atoms with Crippen LogP contribution in [-0.4, -0.2) is 18.3 Å². The predicted octanol–water partition coefficient (Wildman–Crippen LogP) is 4.28. The molecule has 0 aromatic heterocycles. The SMILES string of the molecule is CCNC(CSc1ccc(F)cc1)Cc1ccc(F)cc1. The van der Waals surface area contributed by atoms with Gasteiger partial charge in [0.05, 0.1) is 0 Å². The smallest absolute Gasteiger partial charge is 0.123 e. The number of hydrogen-bond donors (Lipinski definition) is 1. The maximum atomic E-state index is 12.9. The van der Waals surface area contributed by atoms with E-state index in [0.29, 0.717) is 6.04 Å². The van der Waals surface area contributed by atoms with E-state index in [2.05, 4.69) is 12.2 Å². The lowest BCUT2D eigenvalue weighted by atomic mass is 10.1. The van der Waals surface area contributed by atoms with Crippen LogP contribution in [0.25, 0.3) is 0 Å². The Balaban J connectivity index is 1.92. The van der Waals surface area contributed by atoms with Gasteiger partial charge in [-0.15, -0.1) is 11.8 Å². The number of likely N-dealkylation sites (N-methyl/N-ethyl adjacent to an activating group) is 1. The van der Waals surface area contributed by atoms with Crippen molar-refractivity contribution < 1.29 is 8.78 Å². The number of hydrogen-bond acceptors (Lipinski definition) is 2. The Kier molecular flexibility index (Phi) is 6.21. The minimum Gasteiger partial charge on any atom is -0.313 e. The van der Waals surface area contributed by atoms with Gasteiger partial charge in [-0.25, -0.2) is 8.78 Å². The molecule has 112 valence electrons. The van der Waals surface area contributed by atoms with E-state index in [1.807, 2.05) is 12.1 Å². The summed E-state index contributed by atoms with van der Waals surface area (Å²) in [7, 11) is 0. The summed E-state index contributed by atoms with van der Waals surface area (Å²) >= 11 is 1.70. The van der Waals surface area contributed by atoms with Gasteiger partial charge >= 0.3 is 0 Å². The van der Waals surface area contributed by atoms with Crippen LogP contribution >= 0.6 is 11.8 Å². The third-order valence-corrected chi connectivity index (χ3v) is 4.33. The van der Waals surface area contributed by atoms with E-state index in [9.17, 15) is 8.78 Å². The van der Waals surface area contributed by atoms with Gasteiger partial charge < -0.3 is 5.32 Å². The summed E-state index contributed by atoms with van der Waals surface area (Å²) in [4.78, 5) is 1.05. The molecule has 1 nitrogen and oxygen atoms in total. The quantitative estimate of drug-likeness (QED) is 0.766. The Hall–Kier alpha value is -1.39. The van der Waals surface area contributed by atoms with Crippen molar-refractivity contribution in [3.8, 4) is 0 Å². The monoisotopic (exact) mass is 307 g/mol. The van der Waals surface area contributed by atoms with Crippen molar-refractivity contribution >= 4 is 11.8 Å². The average molecular weight is 307 g/mol. The fraction of sp³-hybridized carbons (Fsp3) is 0.294. The summed E-state index contributed by atoms with van der Waals surface area (Å²) in [5.41, 5.74) is 1.11. The van der Waals surface area contributed by atoms with Crippen LogP contribution in [-0.2, 0) is 6.42 Å². The fourth-order valence-electron chi connectivity index (χ4n) is 2.11. The molecule has 21 heavy (non-hydrogen) atoms. The van der Waals surface area contributed by atoms with Gasteiger partial charge in [-0.1, -0.05) is 19.1 Å². The summed E-state index contributed by atoms with van der Waals surface area (Å²) in [6.45, 7) is 2.95. The van der Waals surface area contributed by atoms with Crippen molar-refractivity contribution in [1.82, 2.24) is 5.32 Å². The van der Waals surface area contributed by atoms with Crippen LogP contribution < -0.4 is 5.32 Å². The molecule has 1 N–H and O–H groups in total. The van der Waals surface area contributed by atoms with Crippen LogP contribution in [0.4, 0.5) is 8.78 Å². The summed E-state index contributed by atoms with van der Waals surface area (Å²) in [5.74, 6) is 0.463. The number of benzene rings is 2. The van der Waals surface area contributed by atoms with Gasteiger partial charge in [0.15, 0.2) is 0 Å². The minimum atomic E-state index is -0.214. The third-order valence-electron chi connectivity index (χ3n) is 3.15. The van der Waals surface area contributed by atoms with E-state index < -0.39 is 0 Å². The molecule has 0 bridgehead atoms. The maximum Gasteiger partial charge on any atom is 0.123 e. The zero-order valence-electron chi connectivity index (χ0n) is 12.0. The van der Waals surface area contributed by atoms with Crippen LogP contribution in [0.1, 0.15) is 12.5 Å². The first-order valence-electron chi connectivity index (χ1n) is 7.03. The van der Waals surface area contributed by atoms with Crippen LogP contribution in [0, 0.1) is 11.6 Å². The molecule has 0 amide bonds. The number of nitrogens with one attached hydrogen (secondary N) is 1. The molecular formula is C17H19F2NS. The zero-order chi connectivity index (χ0) is 15.1. The summed E-state index contributed by atoms with van der Waals surface area (Å²) in [5, 5.41) is 3.44. The maximum absolute atomic E-state index is 12.9. The van der Waals surface area contributed by atoms with Crippen LogP contribution in [0.3, 0.4) is 0 Å². The molecule has 0 fully saturated rings. The number of rotatable bonds is 7. The first kappa shape index (κ1) is 16.0. The Morgan fingerprint density at radius 3 is 2.10 bits per heavy atom. The van der Waals surface area contributed by atoms with Crippen molar-refractivity contribution in [2.45, 2.75) is 24.3 Å². The van der Waals surface area contributed by atoms with Crippen molar-refractivity contribution in [3.05, 3.63) is 65.7 Å². The lowest BCUT2D eigenvalue weighted by Crippen LogP contribution is -2.33. The second-order valence-electron chi connectivity index (χ2n) is 4.85. The van der Waals surface area contributed by atoms with E-state index in [4.69, 9.17) is 0 Å². The molecule has 0 saturated carbocycles. The molecule has 0 aliphatic carbocycles. The van der Waals surface area contributed by atoms with Gasteiger partial charge in [0.2, 0.25) is 0 Å². The molecule has 0 spiro atoms. The molecule has 0 radical (unpaired) electrons. The van der Waals surface area contributed by atoms with Crippen molar-refractivity contribution in [3.63, 3.8) is 0 Å². The average Bonchev–Trinajstić information content (AvgIpc) is 2.49. The molecule has 1 atom stereocenters. The van der Waals surface area contributed by atoms with Crippen LogP contribution in [0.2, 0.25) is 0 Å². The van der Waals surface area contributed by atoms with E-state index in [1.165, 1.54) is 24.3 Å². The Morgan fingerprint density at radius 1 is 0.952 bits per heavy atom. The second-order valence-corrected chi connectivity index (χ2v) is 5.94. The van der Waals surface area contributed by atoms with Gasteiger partial charge in [0, 0.05) is 16.7 Å². The van der Waals surface area contributed by atoms with Gasteiger partial charge in [0.1, 0.15) is 11.6 Å². The van der Waals surface area contributed by atoms with E-state index in [-0.39, 0.29) is 11.6 Å². The van der Waals surface area contributed by atoms with Gasteiger partial charge in [-0.2, -0.15) is 0 Å². The van der Waals surface area contributed by atoms with E-state index >= 15 is 0 Å². The summed E-state index contributed by atoms with van der Waals surface area (Å²) in [6.07, 6.45) is 0.850. The highest BCUT2D eigenvalue weighted by Crippen LogP contribution is 2.20. The molecule has 0 aliphatic heterocycles. The van der Waals surface area contributed by atoms with Crippen molar-refractivity contribution in [2.75, 3.05) is 12.3 Å². The normalized spacial score (nSPS) is 12.3. The molecule has 2 aromatic carbocycles. The first-order chi connectivity index (χ1) is 10.2. The predicted molar refractivity (Wildman–Crippen MR) is 84.7 cm³/mol.